The van der Waals surface area contributed by atoms with Crippen LogP contribution in [0.15, 0.2) is 60.7 Å². The molecule has 1 aliphatic carbocycles. The van der Waals surface area contributed by atoms with Crippen LogP contribution in [0.3, 0.4) is 0 Å². The summed E-state index contributed by atoms with van der Waals surface area (Å²) in [4.78, 5) is 12.7. The van der Waals surface area contributed by atoms with Gasteiger partial charge in [0.15, 0.2) is 0 Å². The van der Waals surface area contributed by atoms with Gasteiger partial charge in [-0.1, -0.05) is 35.3 Å². The molecule has 2 aromatic carbocycles. The molecule has 0 saturated carbocycles. The van der Waals surface area contributed by atoms with Gasteiger partial charge in [0, 0.05) is 15.6 Å². The molecule has 2 atom stereocenters. The average Bonchev–Trinajstić information content (AvgIpc) is 3.18. The number of allylic oxidation sites excluding steroid dienone is 1. The number of esters is 1. The van der Waals surface area contributed by atoms with Crippen LogP contribution in [0.5, 0.6) is 0 Å². The normalized spacial score (nSPS) is 23.7. The predicted octanol–water partition coefficient (Wildman–Crippen LogP) is 5.38. The van der Waals surface area contributed by atoms with Crippen LogP contribution in [0.4, 0.5) is 0 Å². The number of carbonyl (C=O) groups is 1. The summed E-state index contributed by atoms with van der Waals surface area (Å²) in [5, 5.41) is 1.33. The maximum atomic E-state index is 12.7. The van der Waals surface area contributed by atoms with Gasteiger partial charge in [0.2, 0.25) is 0 Å². The summed E-state index contributed by atoms with van der Waals surface area (Å²) in [5.41, 5.74) is 2.10. The minimum absolute atomic E-state index is 0.299. The first-order chi connectivity index (χ1) is 12.5. The van der Waals surface area contributed by atoms with E-state index in [9.17, 15) is 4.79 Å². The SMILES string of the molecule is COC(=O)[C@]12C=C(c3ccc(Cl)cc3)O[C@H]1C=C(c1ccc(Cl)cc1)C2. The molecule has 132 valence electrons. The van der Waals surface area contributed by atoms with Crippen LogP contribution in [0.2, 0.25) is 10.0 Å². The molecule has 26 heavy (non-hydrogen) atoms. The van der Waals surface area contributed by atoms with Crippen LogP contribution < -0.4 is 0 Å². The van der Waals surface area contributed by atoms with Crippen molar-refractivity contribution in [3.63, 3.8) is 0 Å². The summed E-state index contributed by atoms with van der Waals surface area (Å²) in [6, 6.07) is 14.9. The third-order valence-corrected chi connectivity index (χ3v) is 5.40. The number of fused-ring (bicyclic) bond motifs is 1. The molecule has 0 spiro atoms. The fraction of sp³-hybridized carbons (Fsp3) is 0.190. The molecular formula is C21H16Cl2O3. The van der Waals surface area contributed by atoms with Crippen molar-refractivity contribution in [2.75, 3.05) is 7.11 Å². The molecule has 0 fully saturated rings. The van der Waals surface area contributed by atoms with E-state index in [-0.39, 0.29) is 5.97 Å². The molecule has 0 saturated heterocycles. The van der Waals surface area contributed by atoms with Crippen LogP contribution in [0.1, 0.15) is 17.5 Å². The van der Waals surface area contributed by atoms with Crippen molar-refractivity contribution in [1.29, 1.82) is 0 Å². The van der Waals surface area contributed by atoms with E-state index >= 15 is 0 Å². The third kappa shape index (κ3) is 2.81. The van der Waals surface area contributed by atoms with E-state index in [2.05, 4.69) is 0 Å². The maximum Gasteiger partial charge on any atom is 0.320 e. The minimum atomic E-state index is -0.849. The highest BCUT2D eigenvalue weighted by molar-refractivity contribution is 6.30. The summed E-state index contributed by atoms with van der Waals surface area (Å²) in [5.74, 6) is 0.371. The number of halogens is 2. The molecule has 1 heterocycles. The number of benzene rings is 2. The van der Waals surface area contributed by atoms with Crippen LogP contribution >= 0.6 is 23.2 Å². The number of ether oxygens (including phenoxy) is 2. The molecular weight excluding hydrogens is 371 g/mol. The molecule has 5 heteroatoms. The van der Waals surface area contributed by atoms with E-state index in [0.29, 0.717) is 22.2 Å². The monoisotopic (exact) mass is 386 g/mol. The molecule has 0 amide bonds. The van der Waals surface area contributed by atoms with E-state index in [1.54, 1.807) is 12.1 Å². The Bertz CT molecular complexity index is 913. The first-order valence-electron chi connectivity index (χ1n) is 8.22. The van der Waals surface area contributed by atoms with Gasteiger partial charge in [-0.25, -0.2) is 0 Å². The summed E-state index contributed by atoms with van der Waals surface area (Å²) in [6.07, 6.45) is 4.00. The van der Waals surface area contributed by atoms with Crippen molar-refractivity contribution in [3.05, 3.63) is 81.9 Å². The molecule has 0 N–H and O–H groups in total. The number of methoxy groups -OCH3 is 1. The van der Waals surface area contributed by atoms with Gasteiger partial charge in [0.25, 0.3) is 0 Å². The number of carbonyl (C=O) groups excluding carboxylic acids is 1. The second-order valence-corrected chi connectivity index (χ2v) is 7.33. The molecule has 3 nitrogen and oxygen atoms in total. The van der Waals surface area contributed by atoms with Crippen LogP contribution in [0, 0.1) is 5.41 Å². The molecule has 4 rings (SSSR count). The number of hydrogen-bond acceptors (Lipinski definition) is 3. The van der Waals surface area contributed by atoms with Crippen molar-refractivity contribution in [2.24, 2.45) is 5.41 Å². The fourth-order valence-electron chi connectivity index (χ4n) is 3.55. The van der Waals surface area contributed by atoms with Gasteiger partial charge in [-0.05, 0) is 66.1 Å². The lowest BCUT2D eigenvalue weighted by atomic mass is 9.82. The Morgan fingerprint density at radius 3 is 2.19 bits per heavy atom. The average molecular weight is 387 g/mol. The Balaban J connectivity index is 1.69. The predicted molar refractivity (Wildman–Crippen MR) is 103 cm³/mol. The van der Waals surface area contributed by atoms with E-state index in [4.69, 9.17) is 32.7 Å². The Morgan fingerprint density at radius 1 is 1.04 bits per heavy atom. The highest BCUT2D eigenvalue weighted by Gasteiger charge is 2.54. The highest BCUT2D eigenvalue weighted by atomic mass is 35.5. The second kappa shape index (κ2) is 6.49. The largest absolute Gasteiger partial charge is 0.484 e. The quantitative estimate of drug-likeness (QED) is 0.664. The van der Waals surface area contributed by atoms with Gasteiger partial charge in [-0.3, -0.25) is 4.79 Å². The maximum absolute atomic E-state index is 12.7. The second-order valence-electron chi connectivity index (χ2n) is 6.46. The summed E-state index contributed by atoms with van der Waals surface area (Å²) in [6.45, 7) is 0. The van der Waals surface area contributed by atoms with E-state index in [1.807, 2.05) is 48.6 Å². The van der Waals surface area contributed by atoms with E-state index in [0.717, 1.165) is 16.7 Å². The Morgan fingerprint density at radius 2 is 1.62 bits per heavy atom. The lowest BCUT2D eigenvalue weighted by molar-refractivity contribution is -0.151. The van der Waals surface area contributed by atoms with Crippen LogP contribution in [-0.2, 0) is 14.3 Å². The standard InChI is InChI=1S/C21H16Cl2O3/c1-25-20(24)21-11-15(13-2-6-16(22)7-3-13)10-19(21)26-18(12-21)14-4-8-17(23)9-5-14/h2-10,12,19H,11H2,1H3/t19-,21+/m0/s1. The van der Waals surface area contributed by atoms with Crippen LogP contribution in [0.25, 0.3) is 11.3 Å². The Labute approximate surface area is 161 Å². The molecule has 0 unspecified atom stereocenters. The lowest BCUT2D eigenvalue weighted by Crippen LogP contribution is -2.35. The Kier molecular flexibility index (Phi) is 4.29. The van der Waals surface area contributed by atoms with Gasteiger partial charge >= 0.3 is 5.97 Å². The zero-order valence-corrected chi connectivity index (χ0v) is 15.6. The highest BCUT2D eigenvalue weighted by Crippen LogP contribution is 2.52. The Hall–Kier alpha value is -2.23. The van der Waals surface area contributed by atoms with Crippen molar-refractivity contribution >= 4 is 40.5 Å². The van der Waals surface area contributed by atoms with Gasteiger partial charge < -0.3 is 9.47 Å². The molecule has 0 radical (unpaired) electrons. The lowest BCUT2D eigenvalue weighted by Gasteiger charge is -2.23. The molecule has 2 aliphatic rings. The van der Waals surface area contributed by atoms with Gasteiger partial charge in [0.1, 0.15) is 17.3 Å². The molecule has 2 aromatic rings. The van der Waals surface area contributed by atoms with Crippen molar-refractivity contribution in [3.8, 4) is 0 Å². The summed E-state index contributed by atoms with van der Waals surface area (Å²) < 4.78 is 11.2. The zero-order valence-electron chi connectivity index (χ0n) is 14.0. The minimum Gasteiger partial charge on any atom is -0.484 e. The topological polar surface area (TPSA) is 35.5 Å². The van der Waals surface area contributed by atoms with Gasteiger partial charge in [-0.15, -0.1) is 0 Å². The number of rotatable bonds is 3. The molecule has 1 aliphatic heterocycles. The summed E-state index contributed by atoms with van der Waals surface area (Å²) >= 11 is 11.9. The van der Waals surface area contributed by atoms with Crippen LogP contribution in [-0.4, -0.2) is 19.2 Å². The zero-order chi connectivity index (χ0) is 18.3. The van der Waals surface area contributed by atoms with Gasteiger partial charge in [0.05, 0.1) is 7.11 Å². The van der Waals surface area contributed by atoms with E-state index < -0.39 is 11.5 Å². The van der Waals surface area contributed by atoms with Crippen molar-refractivity contribution in [1.82, 2.24) is 0 Å². The number of hydrogen-bond donors (Lipinski definition) is 0. The molecule has 0 aromatic heterocycles. The first kappa shape index (κ1) is 17.2. The summed E-state index contributed by atoms with van der Waals surface area (Å²) in [7, 11) is 1.41. The molecule has 0 bridgehead atoms. The van der Waals surface area contributed by atoms with Gasteiger partial charge in [-0.2, -0.15) is 0 Å². The van der Waals surface area contributed by atoms with Crippen molar-refractivity contribution in [2.45, 2.75) is 12.5 Å². The third-order valence-electron chi connectivity index (χ3n) is 4.90. The fourth-order valence-corrected chi connectivity index (χ4v) is 3.80. The first-order valence-corrected chi connectivity index (χ1v) is 8.98. The smallest absolute Gasteiger partial charge is 0.320 e. The van der Waals surface area contributed by atoms with E-state index in [1.165, 1.54) is 7.11 Å². The van der Waals surface area contributed by atoms with Crippen molar-refractivity contribution < 1.29 is 14.3 Å².